The number of rotatable bonds is 9. The van der Waals surface area contributed by atoms with Crippen molar-refractivity contribution in [3.63, 3.8) is 0 Å². The normalized spacial score (nSPS) is 13.2. The summed E-state index contributed by atoms with van der Waals surface area (Å²) in [4.78, 5) is 22.7. The average molecular weight is 443 g/mol. The number of hydrogen-bond acceptors (Lipinski definition) is 6. The third-order valence-corrected chi connectivity index (χ3v) is 4.09. The van der Waals surface area contributed by atoms with Gasteiger partial charge in [0.05, 0.1) is 6.10 Å². The number of carbonyl (C=O) groups excluding carboxylic acids is 1. The molecule has 168 valence electrons. The molecule has 0 aromatic heterocycles. The van der Waals surface area contributed by atoms with Crippen molar-refractivity contribution in [3.05, 3.63) is 65.2 Å². The first-order chi connectivity index (χ1) is 14.6. The minimum atomic E-state index is -5.14. The van der Waals surface area contributed by atoms with Gasteiger partial charge in [-0.1, -0.05) is 36.4 Å². The summed E-state index contributed by atoms with van der Waals surface area (Å²) in [6.07, 6.45) is -9.17. The molecule has 2 aromatic rings. The average Bonchev–Trinajstić information content (AvgIpc) is 2.71. The minimum absolute atomic E-state index is 0.0375. The van der Waals surface area contributed by atoms with Crippen molar-refractivity contribution in [1.82, 2.24) is 5.32 Å². The van der Waals surface area contributed by atoms with Gasteiger partial charge in [0.15, 0.2) is 0 Å². The minimum Gasteiger partial charge on any atom is -0.478 e. The standard InChI is InChI=1S/C20H20F3NO7/c21-20(22,23)31-16-10-13(6-7-14(16)18(27)28)17(26)15(25)8-9-24-19(29)30-11-12-4-2-1-3-5-12/h1-7,10,15,17,25-26H,8-9,11H2,(H,24,29)(H,27,28). The highest BCUT2D eigenvalue weighted by atomic mass is 19.4. The SMILES string of the molecule is O=C(NCCC(O)C(O)c1ccc(C(=O)O)c(OC(F)(F)F)c1)OCc1ccccc1. The lowest BCUT2D eigenvalue weighted by Crippen LogP contribution is -2.29. The highest BCUT2D eigenvalue weighted by molar-refractivity contribution is 5.91. The Bertz CT molecular complexity index is 890. The second-order valence-electron chi connectivity index (χ2n) is 6.40. The quantitative estimate of drug-likeness (QED) is 0.470. The molecule has 2 aromatic carbocycles. The van der Waals surface area contributed by atoms with E-state index < -0.39 is 41.9 Å². The largest absolute Gasteiger partial charge is 0.573 e. The van der Waals surface area contributed by atoms with Gasteiger partial charge < -0.3 is 30.1 Å². The van der Waals surface area contributed by atoms with Gasteiger partial charge in [-0.2, -0.15) is 0 Å². The number of carboxylic acids is 1. The molecule has 0 fully saturated rings. The number of carbonyl (C=O) groups is 2. The molecule has 1 amide bonds. The summed E-state index contributed by atoms with van der Waals surface area (Å²) in [6, 6.07) is 11.5. The topological polar surface area (TPSA) is 125 Å². The van der Waals surface area contributed by atoms with E-state index in [-0.39, 0.29) is 25.1 Å². The van der Waals surface area contributed by atoms with Crippen LogP contribution in [0.1, 0.15) is 34.0 Å². The van der Waals surface area contributed by atoms with Crippen LogP contribution in [0.15, 0.2) is 48.5 Å². The lowest BCUT2D eigenvalue weighted by atomic mass is 10.00. The molecule has 0 radical (unpaired) electrons. The van der Waals surface area contributed by atoms with E-state index in [9.17, 15) is 33.0 Å². The molecule has 0 spiro atoms. The summed E-state index contributed by atoms with van der Waals surface area (Å²) in [5.41, 5.74) is -0.177. The Kier molecular flexibility index (Phi) is 8.22. The zero-order valence-electron chi connectivity index (χ0n) is 16.0. The molecule has 2 atom stereocenters. The number of ether oxygens (including phenoxy) is 2. The zero-order valence-corrected chi connectivity index (χ0v) is 16.0. The van der Waals surface area contributed by atoms with Crippen molar-refractivity contribution in [2.45, 2.75) is 31.6 Å². The number of alkyl carbamates (subject to hydrolysis) is 1. The molecule has 0 heterocycles. The Hall–Kier alpha value is -3.31. The Morgan fingerprint density at radius 3 is 2.35 bits per heavy atom. The van der Waals surface area contributed by atoms with Gasteiger partial charge in [-0.25, -0.2) is 9.59 Å². The number of aliphatic hydroxyl groups excluding tert-OH is 2. The molecule has 0 saturated heterocycles. The molecule has 2 unspecified atom stereocenters. The van der Waals surface area contributed by atoms with E-state index in [0.717, 1.165) is 17.7 Å². The second-order valence-corrected chi connectivity index (χ2v) is 6.40. The molecule has 0 saturated carbocycles. The van der Waals surface area contributed by atoms with Gasteiger partial charge in [0, 0.05) is 6.54 Å². The highest BCUT2D eigenvalue weighted by Crippen LogP contribution is 2.30. The predicted molar refractivity (Wildman–Crippen MR) is 100 cm³/mol. The maximum atomic E-state index is 12.5. The summed E-state index contributed by atoms with van der Waals surface area (Å²) in [5.74, 6) is -2.68. The van der Waals surface area contributed by atoms with E-state index >= 15 is 0 Å². The second kappa shape index (κ2) is 10.6. The summed E-state index contributed by atoms with van der Waals surface area (Å²) in [7, 11) is 0. The van der Waals surface area contributed by atoms with Crippen molar-refractivity contribution >= 4 is 12.1 Å². The zero-order chi connectivity index (χ0) is 23.0. The number of benzene rings is 2. The van der Waals surface area contributed by atoms with Crippen LogP contribution < -0.4 is 10.1 Å². The van der Waals surface area contributed by atoms with Gasteiger partial charge in [0.1, 0.15) is 24.0 Å². The number of carboxylic acid groups (broad SMARTS) is 1. The van der Waals surface area contributed by atoms with Gasteiger partial charge in [-0.15, -0.1) is 13.2 Å². The van der Waals surface area contributed by atoms with Crippen LogP contribution in [0.25, 0.3) is 0 Å². The number of alkyl halides is 3. The maximum absolute atomic E-state index is 12.5. The van der Waals surface area contributed by atoms with Crippen molar-refractivity contribution in [3.8, 4) is 5.75 Å². The molecular formula is C20H20F3NO7. The number of aromatic carboxylic acids is 1. The van der Waals surface area contributed by atoms with E-state index in [1.807, 2.05) is 6.07 Å². The summed E-state index contributed by atoms with van der Waals surface area (Å²) in [6.45, 7) is -0.0548. The van der Waals surface area contributed by atoms with Crippen molar-refractivity contribution in [1.29, 1.82) is 0 Å². The van der Waals surface area contributed by atoms with Gasteiger partial charge in [0.25, 0.3) is 0 Å². The Morgan fingerprint density at radius 1 is 1.06 bits per heavy atom. The molecule has 0 aliphatic heterocycles. The highest BCUT2D eigenvalue weighted by Gasteiger charge is 2.33. The van der Waals surface area contributed by atoms with E-state index in [1.165, 1.54) is 0 Å². The maximum Gasteiger partial charge on any atom is 0.573 e. The Labute approximate surface area is 174 Å². The molecular weight excluding hydrogens is 423 g/mol. The fourth-order valence-electron chi connectivity index (χ4n) is 2.58. The van der Waals surface area contributed by atoms with Crippen LogP contribution in [0.4, 0.5) is 18.0 Å². The third kappa shape index (κ3) is 7.79. The van der Waals surface area contributed by atoms with Crippen LogP contribution >= 0.6 is 0 Å². The fourth-order valence-corrected chi connectivity index (χ4v) is 2.58. The van der Waals surface area contributed by atoms with Crippen LogP contribution in [0.3, 0.4) is 0 Å². The first-order valence-electron chi connectivity index (χ1n) is 9.00. The molecule has 8 nitrogen and oxygen atoms in total. The molecule has 4 N–H and O–H groups in total. The molecule has 31 heavy (non-hydrogen) atoms. The lowest BCUT2D eigenvalue weighted by molar-refractivity contribution is -0.274. The van der Waals surface area contributed by atoms with E-state index in [1.54, 1.807) is 24.3 Å². The van der Waals surface area contributed by atoms with Gasteiger partial charge in [-0.3, -0.25) is 0 Å². The Morgan fingerprint density at radius 2 is 1.74 bits per heavy atom. The van der Waals surface area contributed by atoms with E-state index in [4.69, 9.17) is 9.84 Å². The van der Waals surface area contributed by atoms with Crippen LogP contribution in [0, 0.1) is 0 Å². The van der Waals surface area contributed by atoms with E-state index in [2.05, 4.69) is 10.1 Å². The van der Waals surface area contributed by atoms with Gasteiger partial charge >= 0.3 is 18.4 Å². The molecule has 0 aliphatic rings. The van der Waals surface area contributed by atoms with Crippen molar-refractivity contribution in [2.75, 3.05) is 6.54 Å². The summed E-state index contributed by atoms with van der Waals surface area (Å²) in [5, 5.41) is 31.6. The summed E-state index contributed by atoms with van der Waals surface area (Å²) >= 11 is 0. The molecule has 2 rings (SSSR count). The first-order valence-corrected chi connectivity index (χ1v) is 9.00. The van der Waals surface area contributed by atoms with Crippen molar-refractivity contribution < 1.29 is 47.6 Å². The summed E-state index contributed by atoms with van der Waals surface area (Å²) < 4.78 is 46.2. The smallest absolute Gasteiger partial charge is 0.478 e. The monoisotopic (exact) mass is 443 g/mol. The van der Waals surface area contributed by atoms with Gasteiger partial charge in [-0.05, 0) is 29.7 Å². The third-order valence-electron chi connectivity index (χ3n) is 4.09. The number of hydrogen-bond donors (Lipinski definition) is 4. The lowest BCUT2D eigenvalue weighted by Gasteiger charge is -2.20. The predicted octanol–water partition coefficient (Wildman–Crippen LogP) is 2.99. The number of aliphatic hydroxyl groups is 2. The molecule has 11 heteroatoms. The number of halogens is 3. The molecule has 0 aliphatic carbocycles. The van der Waals surface area contributed by atoms with Crippen LogP contribution in [-0.2, 0) is 11.3 Å². The fraction of sp³-hybridized carbons (Fsp3) is 0.300. The number of amides is 1. The Balaban J connectivity index is 1.90. The first kappa shape index (κ1) is 24.0. The van der Waals surface area contributed by atoms with Crippen LogP contribution in [-0.4, -0.2) is 46.4 Å². The van der Waals surface area contributed by atoms with Gasteiger partial charge in [0.2, 0.25) is 0 Å². The molecule has 0 bridgehead atoms. The van der Waals surface area contributed by atoms with Crippen molar-refractivity contribution in [2.24, 2.45) is 0 Å². The van der Waals surface area contributed by atoms with Crippen LogP contribution in [0.2, 0.25) is 0 Å². The van der Waals surface area contributed by atoms with Crippen LogP contribution in [0.5, 0.6) is 5.75 Å². The van der Waals surface area contributed by atoms with E-state index in [0.29, 0.717) is 6.07 Å². The number of nitrogens with one attached hydrogen (secondary N) is 1.